The molecule has 1 saturated heterocycles. The Morgan fingerprint density at radius 1 is 1.54 bits per heavy atom. The lowest BCUT2D eigenvalue weighted by atomic mass is 10.2. The van der Waals surface area contributed by atoms with E-state index < -0.39 is 0 Å². The predicted octanol–water partition coefficient (Wildman–Crippen LogP) is -0.850. The zero-order chi connectivity index (χ0) is 9.68. The number of piperazine rings is 1. The van der Waals surface area contributed by atoms with Gasteiger partial charge in [0.25, 0.3) is 0 Å². The van der Waals surface area contributed by atoms with Crippen molar-refractivity contribution in [3.63, 3.8) is 0 Å². The molecule has 1 heterocycles. The van der Waals surface area contributed by atoms with E-state index in [-0.39, 0.29) is 6.04 Å². The van der Waals surface area contributed by atoms with E-state index in [1.54, 1.807) is 0 Å². The Morgan fingerprint density at radius 2 is 2.31 bits per heavy atom. The number of nitrogens with two attached hydrogens (primary N) is 1. The third-order valence-electron chi connectivity index (χ3n) is 2.62. The second-order valence-corrected chi connectivity index (χ2v) is 3.63. The molecular weight excluding hydrogens is 166 g/mol. The van der Waals surface area contributed by atoms with E-state index in [0.717, 1.165) is 45.4 Å². The first-order valence-electron chi connectivity index (χ1n) is 4.86. The molecule has 76 valence electrons. The van der Waals surface area contributed by atoms with Crippen LogP contribution < -0.4 is 5.73 Å². The Hall–Kier alpha value is -0.450. The highest BCUT2D eigenvalue weighted by atomic mass is 16.1. The number of rotatable bonds is 4. The smallest absolute Gasteiger partial charge is 0.138 e. The lowest BCUT2D eigenvalue weighted by molar-refractivity contribution is -0.113. The maximum atomic E-state index is 10.7. The predicted molar refractivity (Wildman–Crippen MR) is 52.6 cm³/mol. The molecule has 0 aromatic carbocycles. The number of carbonyl (C=O) groups is 1. The number of aldehydes is 1. The summed E-state index contributed by atoms with van der Waals surface area (Å²) in [6.07, 6.45) is 2.06. The number of hydrogen-bond donors (Lipinski definition) is 1. The molecule has 1 aliphatic rings. The lowest BCUT2D eigenvalue weighted by Crippen LogP contribution is -2.52. The van der Waals surface area contributed by atoms with Gasteiger partial charge in [-0.3, -0.25) is 4.90 Å². The van der Waals surface area contributed by atoms with Gasteiger partial charge in [0.2, 0.25) is 0 Å². The molecule has 0 aliphatic carbocycles. The summed E-state index contributed by atoms with van der Waals surface area (Å²) in [5.41, 5.74) is 5.43. The quantitative estimate of drug-likeness (QED) is 0.580. The molecule has 0 bridgehead atoms. The minimum Gasteiger partial charge on any atom is -0.330 e. The zero-order valence-corrected chi connectivity index (χ0v) is 8.28. The fourth-order valence-electron chi connectivity index (χ4n) is 1.63. The van der Waals surface area contributed by atoms with Crippen molar-refractivity contribution < 1.29 is 4.79 Å². The average Bonchev–Trinajstić information content (AvgIpc) is 2.16. The van der Waals surface area contributed by atoms with E-state index in [4.69, 9.17) is 5.73 Å². The molecule has 1 fully saturated rings. The summed E-state index contributed by atoms with van der Waals surface area (Å²) in [6, 6.07) is 0.0755. The van der Waals surface area contributed by atoms with Gasteiger partial charge in [0.15, 0.2) is 0 Å². The van der Waals surface area contributed by atoms with Crippen molar-refractivity contribution in [1.29, 1.82) is 0 Å². The van der Waals surface area contributed by atoms with Crippen molar-refractivity contribution in [2.45, 2.75) is 12.5 Å². The highest BCUT2D eigenvalue weighted by Gasteiger charge is 2.22. The fourth-order valence-corrected chi connectivity index (χ4v) is 1.63. The van der Waals surface area contributed by atoms with E-state index in [1.165, 1.54) is 0 Å². The Kier molecular flexibility index (Phi) is 4.35. The van der Waals surface area contributed by atoms with Gasteiger partial charge < -0.3 is 15.4 Å². The van der Waals surface area contributed by atoms with Crippen molar-refractivity contribution >= 4 is 6.29 Å². The molecule has 0 spiro atoms. The van der Waals surface area contributed by atoms with Crippen LogP contribution in [0.4, 0.5) is 0 Å². The van der Waals surface area contributed by atoms with Crippen molar-refractivity contribution in [3.05, 3.63) is 0 Å². The van der Waals surface area contributed by atoms with Crippen LogP contribution in [0.5, 0.6) is 0 Å². The van der Waals surface area contributed by atoms with Gasteiger partial charge in [-0.05, 0) is 26.6 Å². The summed E-state index contributed by atoms with van der Waals surface area (Å²) in [5, 5.41) is 0. The summed E-state index contributed by atoms with van der Waals surface area (Å²) in [4.78, 5) is 15.1. The van der Waals surface area contributed by atoms with Gasteiger partial charge in [0.1, 0.15) is 6.29 Å². The first kappa shape index (κ1) is 10.6. The molecule has 0 radical (unpaired) electrons. The molecule has 1 rings (SSSR count). The Balaban J connectivity index is 2.31. The van der Waals surface area contributed by atoms with Gasteiger partial charge in [-0.2, -0.15) is 0 Å². The second-order valence-electron chi connectivity index (χ2n) is 3.63. The van der Waals surface area contributed by atoms with Crippen LogP contribution in [0.25, 0.3) is 0 Å². The molecule has 1 atom stereocenters. The van der Waals surface area contributed by atoms with Crippen LogP contribution in [0.15, 0.2) is 0 Å². The third-order valence-corrected chi connectivity index (χ3v) is 2.62. The van der Waals surface area contributed by atoms with Crippen LogP contribution in [0.1, 0.15) is 6.42 Å². The highest BCUT2D eigenvalue weighted by molar-refractivity contribution is 5.58. The second kappa shape index (κ2) is 5.32. The van der Waals surface area contributed by atoms with E-state index >= 15 is 0 Å². The zero-order valence-electron chi connectivity index (χ0n) is 8.28. The summed E-state index contributed by atoms with van der Waals surface area (Å²) in [6.45, 7) is 4.65. The first-order valence-corrected chi connectivity index (χ1v) is 4.86. The largest absolute Gasteiger partial charge is 0.330 e. The average molecular weight is 185 g/mol. The molecule has 0 saturated carbocycles. The summed E-state index contributed by atoms with van der Waals surface area (Å²) in [5.74, 6) is 0. The fraction of sp³-hybridized carbons (Fsp3) is 0.889. The van der Waals surface area contributed by atoms with Gasteiger partial charge >= 0.3 is 0 Å². The van der Waals surface area contributed by atoms with Crippen LogP contribution in [-0.4, -0.2) is 61.9 Å². The number of nitrogens with zero attached hydrogens (tertiary/aromatic N) is 2. The van der Waals surface area contributed by atoms with Crippen molar-refractivity contribution in [2.24, 2.45) is 5.73 Å². The molecule has 0 amide bonds. The van der Waals surface area contributed by atoms with Gasteiger partial charge in [0, 0.05) is 19.6 Å². The molecule has 1 aliphatic heterocycles. The monoisotopic (exact) mass is 185 g/mol. The van der Waals surface area contributed by atoms with Crippen LogP contribution in [0.3, 0.4) is 0 Å². The maximum Gasteiger partial charge on any atom is 0.138 e. The van der Waals surface area contributed by atoms with Gasteiger partial charge in [-0.1, -0.05) is 0 Å². The molecule has 4 heteroatoms. The minimum atomic E-state index is 0.0755. The lowest BCUT2D eigenvalue weighted by Gasteiger charge is -2.36. The molecule has 0 aromatic heterocycles. The van der Waals surface area contributed by atoms with E-state index in [9.17, 15) is 4.79 Å². The van der Waals surface area contributed by atoms with Crippen molar-refractivity contribution in [2.75, 3.05) is 39.8 Å². The van der Waals surface area contributed by atoms with Gasteiger partial charge in [0.05, 0.1) is 6.04 Å². The first-order chi connectivity index (χ1) is 6.27. The van der Waals surface area contributed by atoms with E-state index in [0.29, 0.717) is 0 Å². The van der Waals surface area contributed by atoms with Crippen molar-refractivity contribution in [3.8, 4) is 0 Å². The standard InChI is InChI=1S/C9H19N3O/c1-11-5-6-12(4-2-3-10)7-9(11)8-13/h8-9H,2-7,10H2,1H3. The number of likely N-dealkylation sites (N-methyl/N-ethyl adjacent to an activating group) is 1. The van der Waals surface area contributed by atoms with Crippen LogP contribution in [0.2, 0.25) is 0 Å². The van der Waals surface area contributed by atoms with Crippen molar-refractivity contribution in [1.82, 2.24) is 9.80 Å². The summed E-state index contributed by atoms with van der Waals surface area (Å²) >= 11 is 0. The van der Waals surface area contributed by atoms with Gasteiger partial charge in [-0.25, -0.2) is 0 Å². The maximum absolute atomic E-state index is 10.7. The minimum absolute atomic E-state index is 0.0755. The van der Waals surface area contributed by atoms with E-state index in [1.807, 2.05) is 7.05 Å². The number of carbonyl (C=O) groups excluding carboxylic acids is 1. The molecule has 0 aromatic rings. The van der Waals surface area contributed by atoms with Crippen LogP contribution in [0, 0.1) is 0 Å². The van der Waals surface area contributed by atoms with Crippen LogP contribution in [-0.2, 0) is 4.79 Å². The van der Waals surface area contributed by atoms with E-state index in [2.05, 4.69) is 9.80 Å². The summed E-state index contributed by atoms with van der Waals surface area (Å²) in [7, 11) is 2.00. The third kappa shape index (κ3) is 3.06. The van der Waals surface area contributed by atoms with Gasteiger partial charge in [-0.15, -0.1) is 0 Å². The molecule has 2 N–H and O–H groups in total. The van der Waals surface area contributed by atoms with Crippen LogP contribution >= 0.6 is 0 Å². The normalized spacial score (nSPS) is 26.2. The Bertz CT molecular complexity index is 161. The Labute approximate surface area is 79.7 Å². The summed E-state index contributed by atoms with van der Waals surface area (Å²) < 4.78 is 0. The highest BCUT2D eigenvalue weighted by Crippen LogP contribution is 2.05. The molecule has 13 heavy (non-hydrogen) atoms. The Morgan fingerprint density at radius 3 is 2.92 bits per heavy atom. The SMILES string of the molecule is CN1CCN(CCCN)CC1C=O. The molecular formula is C9H19N3O. The topological polar surface area (TPSA) is 49.6 Å². The molecule has 4 nitrogen and oxygen atoms in total. The molecule has 1 unspecified atom stereocenters. The number of hydrogen-bond acceptors (Lipinski definition) is 4.